The summed E-state index contributed by atoms with van der Waals surface area (Å²) >= 11 is 0. The number of aromatic nitrogens is 2. The third kappa shape index (κ3) is 6.12. The molecule has 0 spiro atoms. The fraction of sp³-hybridized carbons (Fsp3) is 0.423. The van der Waals surface area contributed by atoms with E-state index in [1.54, 1.807) is 0 Å². The van der Waals surface area contributed by atoms with Crippen molar-refractivity contribution in [3.05, 3.63) is 60.4 Å². The van der Waals surface area contributed by atoms with Gasteiger partial charge in [-0.05, 0) is 49.4 Å². The Labute approximate surface area is 194 Å². The molecule has 7 nitrogen and oxygen atoms in total. The quantitative estimate of drug-likeness (QED) is 0.509. The first kappa shape index (κ1) is 22.8. The zero-order valence-corrected chi connectivity index (χ0v) is 19.2. The lowest BCUT2D eigenvalue weighted by molar-refractivity contribution is -0.133. The number of carbonyl (C=O) groups excluding carboxylic acids is 2. The largest absolute Gasteiger partial charge is 0.484 e. The molecule has 1 aliphatic rings. The minimum absolute atomic E-state index is 0.00845. The van der Waals surface area contributed by atoms with Gasteiger partial charge in [0.25, 0.3) is 5.91 Å². The summed E-state index contributed by atoms with van der Waals surface area (Å²) in [6, 6.07) is 17.2. The predicted molar refractivity (Wildman–Crippen MR) is 128 cm³/mol. The van der Waals surface area contributed by atoms with Crippen molar-refractivity contribution < 1.29 is 14.3 Å². The number of piperidine rings is 1. The maximum Gasteiger partial charge on any atom is 0.257 e. The van der Waals surface area contributed by atoms with Gasteiger partial charge in [-0.15, -0.1) is 0 Å². The zero-order chi connectivity index (χ0) is 23.0. The smallest absolute Gasteiger partial charge is 0.257 e. The maximum absolute atomic E-state index is 13.0. The van der Waals surface area contributed by atoms with Gasteiger partial charge in [0, 0.05) is 26.1 Å². The Morgan fingerprint density at radius 2 is 1.79 bits per heavy atom. The van der Waals surface area contributed by atoms with Gasteiger partial charge in [-0.1, -0.05) is 37.3 Å². The third-order valence-electron chi connectivity index (χ3n) is 6.18. The first-order valence-electron chi connectivity index (χ1n) is 11.8. The molecule has 1 saturated heterocycles. The highest BCUT2D eigenvalue weighted by atomic mass is 16.5. The highest BCUT2D eigenvalue weighted by Gasteiger charge is 2.22. The van der Waals surface area contributed by atoms with Gasteiger partial charge in [0.05, 0.1) is 11.0 Å². The first-order valence-corrected chi connectivity index (χ1v) is 11.8. The van der Waals surface area contributed by atoms with Crippen LogP contribution in [0.1, 0.15) is 32.0 Å². The Morgan fingerprint density at radius 3 is 2.58 bits per heavy atom. The number of amides is 2. The lowest BCUT2D eigenvalue weighted by atomic mass is 9.99. The van der Waals surface area contributed by atoms with E-state index in [9.17, 15) is 9.59 Å². The number of ether oxygens (including phenoxy) is 1. The Morgan fingerprint density at radius 1 is 1.06 bits per heavy atom. The average molecular weight is 449 g/mol. The average Bonchev–Trinajstić information content (AvgIpc) is 3.18. The van der Waals surface area contributed by atoms with Gasteiger partial charge >= 0.3 is 0 Å². The van der Waals surface area contributed by atoms with Gasteiger partial charge in [0.1, 0.15) is 18.1 Å². The Kier molecular flexibility index (Phi) is 7.60. The van der Waals surface area contributed by atoms with E-state index in [0.29, 0.717) is 31.2 Å². The lowest BCUT2D eigenvalue weighted by Crippen LogP contribution is -2.40. The molecule has 33 heavy (non-hydrogen) atoms. The zero-order valence-electron chi connectivity index (χ0n) is 19.2. The molecule has 1 N–H and O–H groups in total. The van der Waals surface area contributed by atoms with Crippen LogP contribution in [0.4, 0.5) is 0 Å². The van der Waals surface area contributed by atoms with E-state index >= 15 is 0 Å². The number of rotatable bonds is 9. The lowest BCUT2D eigenvalue weighted by Gasteiger charge is -2.30. The number of hydrogen-bond donors (Lipinski definition) is 1. The summed E-state index contributed by atoms with van der Waals surface area (Å²) in [6.07, 6.45) is 3.54. The second kappa shape index (κ2) is 11.0. The van der Waals surface area contributed by atoms with E-state index in [2.05, 4.69) is 12.2 Å². The summed E-state index contributed by atoms with van der Waals surface area (Å²) in [7, 11) is 0. The van der Waals surface area contributed by atoms with Crippen LogP contribution in [-0.2, 0) is 22.6 Å². The normalized spacial score (nSPS) is 14.4. The minimum Gasteiger partial charge on any atom is -0.484 e. The van der Waals surface area contributed by atoms with Crippen LogP contribution >= 0.6 is 0 Å². The first-order chi connectivity index (χ1) is 16.1. The Bertz CT molecular complexity index is 1070. The van der Waals surface area contributed by atoms with Crippen molar-refractivity contribution in [3.8, 4) is 5.75 Å². The second-order valence-electron chi connectivity index (χ2n) is 8.72. The second-order valence-corrected chi connectivity index (χ2v) is 8.72. The topological polar surface area (TPSA) is 76.5 Å². The monoisotopic (exact) mass is 448 g/mol. The van der Waals surface area contributed by atoms with Gasteiger partial charge in [-0.25, -0.2) is 4.98 Å². The molecule has 0 radical (unpaired) electrons. The van der Waals surface area contributed by atoms with Crippen molar-refractivity contribution in [2.45, 2.75) is 39.2 Å². The molecule has 0 aliphatic carbocycles. The molecule has 1 aliphatic heterocycles. The van der Waals surface area contributed by atoms with Crippen molar-refractivity contribution in [1.82, 2.24) is 19.8 Å². The standard InChI is InChI=1S/C26H32N4O3/c1-20-13-16-29(17-14-20)26(32)18-30-23-11-6-5-10-22(23)28-24(30)12-7-15-27-25(31)19-33-21-8-3-2-4-9-21/h2-6,8-11,20H,7,12-19H2,1H3,(H,27,31). The number of benzene rings is 2. The van der Waals surface area contributed by atoms with Crippen LogP contribution < -0.4 is 10.1 Å². The summed E-state index contributed by atoms with van der Waals surface area (Å²) < 4.78 is 7.52. The maximum atomic E-state index is 13.0. The van der Waals surface area contributed by atoms with Crippen molar-refractivity contribution in [1.29, 1.82) is 0 Å². The van der Waals surface area contributed by atoms with Crippen molar-refractivity contribution in [2.24, 2.45) is 5.92 Å². The van der Waals surface area contributed by atoms with Crippen molar-refractivity contribution in [3.63, 3.8) is 0 Å². The Hall–Kier alpha value is -3.35. The number of nitrogens with zero attached hydrogens (tertiary/aromatic N) is 3. The fourth-order valence-electron chi connectivity index (χ4n) is 4.18. The Balaban J connectivity index is 1.31. The van der Waals surface area contributed by atoms with Crippen LogP contribution in [0.3, 0.4) is 0 Å². The molecule has 0 saturated carbocycles. The van der Waals surface area contributed by atoms with E-state index in [0.717, 1.165) is 49.2 Å². The van der Waals surface area contributed by atoms with Crippen LogP contribution in [0.25, 0.3) is 11.0 Å². The van der Waals surface area contributed by atoms with Crippen LogP contribution in [0.15, 0.2) is 54.6 Å². The minimum atomic E-state index is -0.151. The number of nitrogens with one attached hydrogen (secondary N) is 1. The molecular formula is C26H32N4O3. The van der Waals surface area contributed by atoms with E-state index in [4.69, 9.17) is 9.72 Å². The summed E-state index contributed by atoms with van der Waals surface area (Å²) in [5.41, 5.74) is 1.87. The number of hydrogen-bond acceptors (Lipinski definition) is 4. The van der Waals surface area contributed by atoms with E-state index < -0.39 is 0 Å². The molecule has 7 heteroatoms. The van der Waals surface area contributed by atoms with Gasteiger partial charge in [-0.2, -0.15) is 0 Å². The van der Waals surface area contributed by atoms with Crippen molar-refractivity contribution in [2.75, 3.05) is 26.2 Å². The number of carbonyl (C=O) groups is 2. The van der Waals surface area contributed by atoms with Gasteiger partial charge in [0.2, 0.25) is 5.91 Å². The summed E-state index contributed by atoms with van der Waals surface area (Å²) in [4.78, 5) is 31.8. The fourth-order valence-corrected chi connectivity index (χ4v) is 4.18. The molecule has 4 rings (SSSR count). The number of likely N-dealkylation sites (tertiary alicyclic amines) is 1. The van der Waals surface area contributed by atoms with Gasteiger partial charge < -0.3 is 19.5 Å². The molecule has 2 aromatic carbocycles. The molecule has 3 aromatic rings. The third-order valence-corrected chi connectivity index (χ3v) is 6.18. The highest BCUT2D eigenvalue weighted by molar-refractivity contribution is 5.81. The predicted octanol–water partition coefficient (Wildman–Crippen LogP) is 3.42. The van der Waals surface area contributed by atoms with Crippen LogP contribution in [0.5, 0.6) is 5.75 Å². The van der Waals surface area contributed by atoms with E-state index in [-0.39, 0.29) is 18.4 Å². The molecule has 1 fully saturated rings. The van der Waals surface area contributed by atoms with Crippen LogP contribution in [0.2, 0.25) is 0 Å². The molecule has 2 heterocycles. The molecule has 174 valence electrons. The van der Waals surface area contributed by atoms with Crippen LogP contribution in [0, 0.1) is 5.92 Å². The molecule has 2 amide bonds. The molecule has 0 bridgehead atoms. The van der Waals surface area contributed by atoms with Crippen LogP contribution in [-0.4, -0.2) is 52.5 Å². The van der Waals surface area contributed by atoms with Gasteiger partial charge in [0.15, 0.2) is 6.61 Å². The summed E-state index contributed by atoms with van der Waals surface area (Å²) in [6.45, 7) is 4.74. The molecule has 0 atom stereocenters. The number of imidazole rings is 1. The number of aryl methyl sites for hydroxylation is 1. The summed E-state index contributed by atoms with van der Waals surface area (Å²) in [5, 5.41) is 2.90. The van der Waals surface area contributed by atoms with Crippen molar-refractivity contribution >= 4 is 22.8 Å². The summed E-state index contributed by atoms with van der Waals surface area (Å²) in [5.74, 6) is 2.24. The molecular weight excluding hydrogens is 416 g/mol. The number of fused-ring (bicyclic) bond motifs is 1. The SMILES string of the molecule is CC1CCN(C(=O)Cn2c(CCCNC(=O)COc3ccccc3)nc3ccccc32)CC1. The molecule has 1 aromatic heterocycles. The number of para-hydroxylation sites is 3. The van der Waals surface area contributed by atoms with Gasteiger partial charge in [-0.3, -0.25) is 9.59 Å². The molecule has 0 unspecified atom stereocenters. The van der Waals surface area contributed by atoms with E-state index in [1.807, 2.05) is 64.1 Å². The van der Waals surface area contributed by atoms with E-state index in [1.165, 1.54) is 0 Å². The highest BCUT2D eigenvalue weighted by Crippen LogP contribution is 2.20.